The van der Waals surface area contributed by atoms with Crippen molar-refractivity contribution in [3.05, 3.63) is 36.4 Å². The number of nitrogen functional groups attached to an aromatic ring is 1. The topological polar surface area (TPSA) is 65.7 Å². The van der Waals surface area contributed by atoms with Crippen molar-refractivity contribution in [1.29, 1.82) is 0 Å². The van der Waals surface area contributed by atoms with Crippen molar-refractivity contribution < 1.29 is 14.2 Å². The van der Waals surface area contributed by atoms with Crippen LogP contribution in [-0.4, -0.2) is 21.3 Å². The Labute approximate surface area is 118 Å². The van der Waals surface area contributed by atoms with Gasteiger partial charge in [0, 0.05) is 29.2 Å². The second-order valence-electron chi connectivity index (χ2n) is 4.16. The van der Waals surface area contributed by atoms with E-state index in [9.17, 15) is 0 Å². The summed E-state index contributed by atoms with van der Waals surface area (Å²) < 4.78 is 15.9. The number of rotatable bonds is 5. The van der Waals surface area contributed by atoms with Crippen LogP contribution in [0.2, 0.25) is 0 Å². The van der Waals surface area contributed by atoms with Gasteiger partial charge in [-0.2, -0.15) is 0 Å². The van der Waals surface area contributed by atoms with E-state index in [2.05, 4.69) is 5.32 Å². The number of hydrogen-bond donors (Lipinski definition) is 2. The Kier molecular flexibility index (Phi) is 4.20. The third kappa shape index (κ3) is 2.88. The molecule has 2 rings (SSSR count). The highest BCUT2D eigenvalue weighted by Gasteiger charge is 2.13. The summed E-state index contributed by atoms with van der Waals surface area (Å²) in [5.74, 6) is 1.75. The van der Waals surface area contributed by atoms with E-state index in [0.29, 0.717) is 22.9 Å². The number of hydrogen-bond acceptors (Lipinski definition) is 5. The maximum Gasteiger partial charge on any atom is 0.203 e. The first-order chi connectivity index (χ1) is 9.67. The summed E-state index contributed by atoms with van der Waals surface area (Å²) in [5.41, 5.74) is 8.17. The molecule has 0 unspecified atom stereocenters. The smallest absolute Gasteiger partial charge is 0.203 e. The lowest BCUT2D eigenvalue weighted by molar-refractivity contribution is 0.324. The van der Waals surface area contributed by atoms with Crippen LogP contribution in [0, 0.1) is 0 Å². The molecule has 0 saturated carbocycles. The number of benzene rings is 2. The Balaban J connectivity index is 2.37. The lowest BCUT2D eigenvalue weighted by atomic mass is 10.2. The van der Waals surface area contributed by atoms with E-state index in [1.807, 2.05) is 36.4 Å². The van der Waals surface area contributed by atoms with Gasteiger partial charge in [-0.05, 0) is 18.2 Å². The van der Waals surface area contributed by atoms with Crippen LogP contribution in [0.15, 0.2) is 36.4 Å². The highest BCUT2D eigenvalue weighted by atomic mass is 16.5. The summed E-state index contributed by atoms with van der Waals surface area (Å²) in [6, 6.07) is 11.2. The zero-order chi connectivity index (χ0) is 14.5. The molecule has 0 bridgehead atoms. The zero-order valence-electron chi connectivity index (χ0n) is 11.8. The van der Waals surface area contributed by atoms with Crippen LogP contribution in [0.5, 0.6) is 17.2 Å². The van der Waals surface area contributed by atoms with Gasteiger partial charge in [0.1, 0.15) is 0 Å². The second-order valence-corrected chi connectivity index (χ2v) is 4.16. The minimum Gasteiger partial charge on any atom is -0.493 e. The zero-order valence-corrected chi connectivity index (χ0v) is 11.8. The highest BCUT2D eigenvalue weighted by molar-refractivity contribution is 5.69. The van der Waals surface area contributed by atoms with Crippen molar-refractivity contribution >= 4 is 17.1 Å². The van der Waals surface area contributed by atoms with Gasteiger partial charge in [-0.3, -0.25) is 0 Å². The van der Waals surface area contributed by atoms with Crippen LogP contribution in [0.4, 0.5) is 17.1 Å². The van der Waals surface area contributed by atoms with Crippen LogP contribution in [0.25, 0.3) is 0 Å². The fraction of sp³-hybridized carbons (Fsp3) is 0.200. The maximum absolute atomic E-state index is 5.76. The van der Waals surface area contributed by atoms with Gasteiger partial charge in [-0.1, -0.05) is 6.07 Å². The molecular formula is C15H18N2O3. The van der Waals surface area contributed by atoms with Gasteiger partial charge in [0.2, 0.25) is 5.75 Å². The van der Waals surface area contributed by atoms with Crippen LogP contribution < -0.4 is 25.3 Å². The van der Waals surface area contributed by atoms with E-state index in [0.717, 1.165) is 11.4 Å². The molecule has 0 fully saturated rings. The Hall–Kier alpha value is -2.56. The van der Waals surface area contributed by atoms with Crippen molar-refractivity contribution in [2.24, 2.45) is 0 Å². The molecule has 2 aromatic rings. The summed E-state index contributed by atoms with van der Waals surface area (Å²) in [4.78, 5) is 0. The number of nitrogens with one attached hydrogen (secondary N) is 1. The van der Waals surface area contributed by atoms with E-state index in [1.54, 1.807) is 21.3 Å². The average Bonchev–Trinajstić information content (AvgIpc) is 2.46. The van der Waals surface area contributed by atoms with Gasteiger partial charge in [0.05, 0.1) is 21.3 Å². The standard InChI is InChI=1S/C15H18N2O3/c1-18-13-8-12(9-14(19-2)15(13)20-3)17-11-6-4-5-10(16)7-11/h4-9,17H,16H2,1-3H3. The first-order valence-corrected chi connectivity index (χ1v) is 6.10. The van der Waals surface area contributed by atoms with Gasteiger partial charge in [0.15, 0.2) is 11.5 Å². The molecule has 20 heavy (non-hydrogen) atoms. The van der Waals surface area contributed by atoms with E-state index in [4.69, 9.17) is 19.9 Å². The SMILES string of the molecule is COc1cc(Nc2cccc(N)c2)cc(OC)c1OC. The number of methoxy groups -OCH3 is 3. The summed E-state index contributed by atoms with van der Waals surface area (Å²) in [7, 11) is 4.74. The molecule has 0 aliphatic carbocycles. The molecule has 0 aromatic heterocycles. The largest absolute Gasteiger partial charge is 0.493 e. The molecule has 5 nitrogen and oxygen atoms in total. The molecule has 0 heterocycles. The minimum absolute atomic E-state index is 0.563. The van der Waals surface area contributed by atoms with Gasteiger partial charge in [-0.15, -0.1) is 0 Å². The predicted octanol–water partition coefficient (Wildman–Crippen LogP) is 3.04. The summed E-state index contributed by atoms with van der Waals surface area (Å²) >= 11 is 0. The molecule has 0 atom stereocenters. The van der Waals surface area contributed by atoms with Crippen molar-refractivity contribution in [2.45, 2.75) is 0 Å². The van der Waals surface area contributed by atoms with Crippen LogP contribution >= 0.6 is 0 Å². The Morgan fingerprint density at radius 2 is 1.50 bits per heavy atom. The lowest BCUT2D eigenvalue weighted by Crippen LogP contribution is -1.98. The van der Waals surface area contributed by atoms with Gasteiger partial charge < -0.3 is 25.3 Å². The molecule has 0 saturated heterocycles. The monoisotopic (exact) mass is 274 g/mol. The van der Waals surface area contributed by atoms with Crippen molar-refractivity contribution in [2.75, 3.05) is 32.4 Å². The molecule has 0 aliphatic heterocycles. The fourth-order valence-corrected chi connectivity index (χ4v) is 1.94. The molecule has 3 N–H and O–H groups in total. The average molecular weight is 274 g/mol. The normalized spacial score (nSPS) is 9.95. The van der Waals surface area contributed by atoms with Crippen LogP contribution in [0.3, 0.4) is 0 Å². The van der Waals surface area contributed by atoms with Crippen LogP contribution in [0.1, 0.15) is 0 Å². The summed E-state index contributed by atoms with van der Waals surface area (Å²) in [5, 5.41) is 3.25. The minimum atomic E-state index is 0.563. The lowest BCUT2D eigenvalue weighted by Gasteiger charge is -2.15. The van der Waals surface area contributed by atoms with E-state index in [1.165, 1.54) is 0 Å². The molecule has 0 radical (unpaired) electrons. The second kappa shape index (κ2) is 6.06. The number of ether oxygens (including phenoxy) is 3. The Bertz CT molecular complexity index is 574. The molecule has 0 aliphatic rings. The van der Waals surface area contributed by atoms with Crippen molar-refractivity contribution in [3.8, 4) is 17.2 Å². The quantitative estimate of drug-likeness (QED) is 0.820. The van der Waals surface area contributed by atoms with Gasteiger partial charge >= 0.3 is 0 Å². The Morgan fingerprint density at radius 1 is 0.850 bits per heavy atom. The molecule has 0 amide bonds. The molecule has 106 valence electrons. The first-order valence-electron chi connectivity index (χ1n) is 6.10. The molecule has 2 aromatic carbocycles. The maximum atomic E-state index is 5.76. The molecule has 5 heteroatoms. The van der Waals surface area contributed by atoms with E-state index >= 15 is 0 Å². The van der Waals surface area contributed by atoms with Gasteiger partial charge in [0.25, 0.3) is 0 Å². The van der Waals surface area contributed by atoms with Crippen molar-refractivity contribution in [1.82, 2.24) is 0 Å². The van der Waals surface area contributed by atoms with Crippen LogP contribution in [-0.2, 0) is 0 Å². The van der Waals surface area contributed by atoms with Crippen molar-refractivity contribution in [3.63, 3.8) is 0 Å². The number of anilines is 3. The Morgan fingerprint density at radius 3 is 2.00 bits per heavy atom. The van der Waals surface area contributed by atoms with E-state index in [-0.39, 0.29) is 0 Å². The third-order valence-electron chi connectivity index (χ3n) is 2.84. The number of nitrogens with two attached hydrogens (primary N) is 1. The van der Waals surface area contributed by atoms with Gasteiger partial charge in [-0.25, -0.2) is 0 Å². The summed E-state index contributed by atoms with van der Waals surface area (Å²) in [6.07, 6.45) is 0. The summed E-state index contributed by atoms with van der Waals surface area (Å²) in [6.45, 7) is 0. The first kappa shape index (κ1) is 13.9. The molecular weight excluding hydrogens is 256 g/mol. The fourth-order valence-electron chi connectivity index (χ4n) is 1.94. The van der Waals surface area contributed by atoms with E-state index < -0.39 is 0 Å². The molecule has 0 spiro atoms. The third-order valence-corrected chi connectivity index (χ3v) is 2.84. The highest BCUT2D eigenvalue weighted by Crippen LogP contribution is 2.40. The predicted molar refractivity (Wildman–Crippen MR) is 80.2 cm³/mol.